The molecule has 0 spiro atoms. The zero-order chi connectivity index (χ0) is 16.6. The fourth-order valence-electron chi connectivity index (χ4n) is 2.83. The Kier molecular flexibility index (Phi) is 4.02. The van der Waals surface area contributed by atoms with Crippen molar-refractivity contribution in [1.82, 2.24) is 0 Å². The van der Waals surface area contributed by atoms with E-state index in [1.165, 1.54) is 0 Å². The van der Waals surface area contributed by atoms with Crippen LogP contribution in [-0.4, -0.2) is 19.7 Å². The minimum Gasteiger partial charge on any atom is -0.496 e. The van der Waals surface area contributed by atoms with Gasteiger partial charge < -0.3 is 15.2 Å². The van der Waals surface area contributed by atoms with E-state index in [2.05, 4.69) is 20.9 Å². The fourth-order valence-corrected chi connectivity index (χ4v) is 3.20. The van der Waals surface area contributed by atoms with Crippen molar-refractivity contribution in [2.24, 2.45) is 10.7 Å². The van der Waals surface area contributed by atoms with E-state index in [0.717, 1.165) is 16.9 Å². The molecule has 4 nitrogen and oxygen atoms in total. The molecular weight excluding hydrogens is 363 g/mol. The number of nitrogens with zero attached hydrogens (tertiary/aromatic N) is 1. The van der Waals surface area contributed by atoms with Crippen molar-refractivity contribution in [3.8, 4) is 5.75 Å². The molecule has 0 saturated heterocycles. The smallest absolute Gasteiger partial charge is 0.283 e. The highest BCUT2D eigenvalue weighted by molar-refractivity contribution is 9.10. The van der Waals surface area contributed by atoms with Crippen LogP contribution in [0.3, 0.4) is 0 Å². The number of nitrogens with two attached hydrogens (primary N) is 1. The maximum Gasteiger partial charge on any atom is 0.283 e. The summed E-state index contributed by atoms with van der Waals surface area (Å²) in [5, 5.41) is 0. The first-order valence-electron chi connectivity index (χ1n) is 7.05. The Balaban J connectivity index is 2.23. The molecular formula is C17H16BrFN2O2. The standard InChI is InChI=1S/C17H16BrFN2O2/c1-10-8-11(6-7-14(10)22-2)17(9-23-16(20)21-17)12-4-3-5-13(18)15(12)19/h3-8H,9H2,1-2H3,(H2,20,21). The van der Waals surface area contributed by atoms with E-state index in [-0.39, 0.29) is 18.4 Å². The Labute approximate surface area is 142 Å². The number of ether oxygens (including phenoxy) is 2. The SMILES string of the molecule is COc1ccc(C2(c3cccc(Br)c3F)COC(N)=N2)cc1C. The molecule has 0 amide bonds. The number of rotatable bonds is 3. The Morgan fingerprint density at radius 2 is 2.13 bits per heavy atom. The van der Waals surface area contributed by atoms with Crippen LogP contribution in [0.25, 0.3) is 0 Å². The molecule has 2 N–H and O–H groups in total. The number of hydrogen-bond acceptors (Lipinski definition) is 4. The average Bonchev–Trinajstić information content (AvgIpc) is 2.93. The summed E-state index contributed by atoms with van der Waals surface area (Å²) in [7, 11) is 1.61. The fraction of sp³-hybridized carbons (Fsp3) is 0.235. The third-order valence-electron chi connectivity index (χ3n) is 4.00. The zero-order valence-corrected chi connectivity index (χ0v) is 14.4. The van der Waals surface area contributed by atoms with E-state index in [4.69, 9.17) is 15.2 Å². The molecule has 0 radical (unpaired) electrons. The van der Waals surface area contributed by atoms with Crippen LogP contribution in [-0.2, 0) is 10.3 Å². The van der Waals surface area contributed by atoms with Crippen LogP contribution in [0.4, 0.5) is 4.39 Å². The summed E-state index contributed by atoms with van der Waals surface area (Å²) < 4.78 is 25.8. The van der Waals surface area contributed by atoms with Gasteiger partial charge in [0.15, 0.2) is 5.54 Å². The number of aliphatic imine (C=N–C) groups is 1. The van der Waals surface area contributed by atoms with E-state index < -0.39 is 5.54 Å². The van der Waals surface area contributed by atoms with E-state index in [9.17, 15) is 4.39 Å². The quantitative estimate of drug-likeness (QED) is 0.888. The van der Waals surface area contributed by atoms with Gasteiger partial charge in [0.05, 0.1) is 11.6 Å². The summed E-state index contributed by atoms with van der Waals surface area (Å²) in [6.07, 6.45) is 0. The van der Waals surface area contributed by atoms with Gasteiger partial charge in [-0.05, 0) is 52.2 Å². The van der Waals surface area contributed by atoms with Crippen molar-refractivity contribution in [3.63, 3.8) is 0 Å². The minimum absolute atomic E-state index is 0.0536. The number of hydrogen-bond donors (Lipinski definition) is 1. The number of halogens is 2. The number of aryl methyl sites for hydroxylation is 1. The summed E-state index contributed by atoms with van der Waals surface area (Å²) >= 11 is 3.23. The Bertz CT molecular complexity index is 794. The van der Waals surface area contributed by atoms with Gasteiger partial charge in [-0.2, -0.15) is 0 Å². The van der Waals surface area contributed by atoms with Gasteiger partial charge in [-0.15, -0.1) is 0 Å². The van der Waals surface area contributed by atoms with E-state index in [0.29, 0.717) is 10.0 Å². The molecule has 120 valence electrons. The van der Waals surface area contributed by atoms with Crippen molar-refractivity contribution in [2.45, 2.75) is 12.5 Å². The summed E-state index contributed by atoms with van der Waals surface area (Å²) in [5.74, 6) is 0.387. The largest absolute Gasteiger partial charge is 0.496 e. The molecule has 6 heteroatoms. The monoisotopic (exact) mass is 378 g/mol. The summed E-state index contributed by atoms with van der Waals surface area (Å²) in [6.45, 7) is 2.08. The van der Waals surface area contributed by atoms with Gasteiger partial charge >= 0.3 is 0 Å². The molecule has 0 bridgehead atoms. The molecule has 3 rings (SSSR count). The lowest BCUT2D eigenvalue weighted by atomic mass is 9.83. The molecule has 1 aliphatic heterocycles. The molecule has 1 heterocycles. The van der Waals surface area contributed by atoms with E-state index >= 15 is 0 Å². The molecule has 0 aromatic heterocycles. The van der Waals surface area contributed by atoms with Gasteiger partial charge in [-0.1, -0.05) is 18.2 Å². The average molecular weight is 379 g/mol. The summed E-state index contributed by atoms with van der Waals surface area (Å²) in [4.78, 5) is 4.43. The molecule has 0 fully saturated rings. The minimum atomic E-state index is -1.00. The van der Waals surface area contributed by atoms with Crippen molar-refractivity contribution in [1.29, 1.82) is 0 Å². The predicted octanol–water partition coefficient (Wildman–Crippen LogP) is 3.49. The first kappa shape index (κ1) is 15.8. The normalized spacial score (nSPS) is 20.1. The highest BCUT2D eigenvalue weighted by atomic mass is 79.9. The second-order valence-electron chi connectivity index (χ2n) is 5.38. The highest BCUT2D eigenvalue weighted by Crippen LogP contribution is 2.41. The van der Waals surface area contributed by atoms with Crippen LogP contribution in [0.15, 0.2) is 45.9 Å². The van der Waals surface area contributed by atoms with E-state index in [1.54, 1.807) is 25.3 Å². The molecule has 2 aromatic rings. The molecule has 23 heavy (non-hydrogen) atoms. The highest BCUT2D eigenvalue weighted by Gasteiger charge is 2.42. The van der Waals surface area contributed by atoms with Crippen LogP contribution in [0.2, 0.25) is 0 Å². The van der Waals surface area contributed by atoms with Gasteiger partial charge in [-0.25, -0.2) is 9.38 Å². The van der Waals surface area contributed by atoms with Crippen molar-refractivity contribution < 1.29 is 13.9 Å². The Hall–Kier alpha value is -2.08. The van der Waals surface area contributed by atoms with Crippen molar-refractivity contribution in [2.75, 3.05) is 13.7 Å². The van der Waals surface area contributed by atoms with Crippen LogP contribution in [0.1, 0.15) is 16.7 Å². The van der Waals surface area contributed by atoms with Crippen LogP contribution in [0.5, 0.6) is 5.75 Å². The Morgan fingerprint density at radius 3 is 2.74 bits per heavy atom. The molecule has 2 aromatic carbocycles. The van der Waals surface area contributed by atoms with Crippen LogP contribution < -0.4 is 10.5 Å². The first-order chi connectivity index (χ1) is 11.0. The van der Waals surface area contributed by atoms with Crippen LogP contribution >= 0.6 is 15.9 Å². The molecule has 0 aliphatic carbocycles. The maximum absolute atomic E-state index is 14.7. The topological polar surface area (TPSA) is 56.8 Å². The van der Waals surface area contributed by atoms with Gasteiger partial charge in [0.2, 0.25) is 0 Å². The van der Waals surface area contributed by atoms with Gasteiger partial charge in [-0.3, -0.25) is 0 Å². The van der Waals surface area contributed by atoms with Gasteiger partial charge in [0.25, 0.3) is 6.02 Å². The molecule has 1 aliphatic rings. The van der Waals surface area contributed by atoms with Gasteiger partial charge in [0, 0.05) is 5.56 Å². The predicted molar refractivity (Wildman–Crippen MR) is 90.2 cm³/mol. The maximum atomic E-state index is 14.7. The Morgan fingerprint density at radius 1 is 1.35 bits per heavy atom. The molecule has 1 unspecified atom stereocenters. The van der Waals surface area contributed by atoms with Crippen molar-refractivity contribution in [3.05, 3.63) is 63.4 Å². The number of methoxy groups -OCH3 is 1. The zero-order valence-electron chi connectivity index (χ0n) is 12.8. The number of amidine groups is 1. The van der Waals surface area contributed by atoms with Crippen molar-refractivity contribution >= 4 is 22.0 Å². The third kappa shape index (κ3) is 2.57. The third-order valence-corrected chi connectivity index (χ3v) is 4.61. The lowest BCUT2D eigenvalue weighted by molar-refractivity contribution is 0.274. The molecule has 1 atom stereocenters. The second kappa shape index (κ2) is 5.85. The molecule has 0 saturated carbocycles. The van der Waals surface area contributed by atoms with E-state index in [1.807, 2.05) is 25.1 Å². The lowest BCUT2D eigenvalue weighted by Gasteiger charge is -2.26. The number of benzene rings is 2. The summed E-state index contributed by atoms with van der Waals surface area (Å²) in [6, 6.07) is 10.8. The summed E-state index contributed by atoms with van der Waals surface area (Å²) in [5.41, 5.74) is 6.88. The second-order valence-corrected chi connectivity index (χ2v) is 6.24. The van der Waals surface area contributed by atoms with Gasteiger partial charge in [0.1, 0.15) is 18.2 Å². The lowest BCUT2D eigenvalue weighted by Crippen LogP contribution is -2.28. The van der Waals surface area contributed by atoms with Crippen LogP contribution in [0, 0.1) is 12.7 Å². The first-order valence-corrected chi connectivity index (χ1v) is 7.85.